The van der Waals surface area contributed by atoms with Gasteiger partial charge >= 0.3 is 5.97 Å². The smallest absolute Gasteiger partial charge is 0.338 e. The molecule has 0 spiro atoms. The number of hydrogen-bond acceptors (Lipinski definition) is 3. The lowest BCUT2D eigenvalue weighted by Gasteiger charge is -2.25. The number of aryl methyl sites for hydroxylation is 1. The van der Waals surface area contributed by atoms with E-state index in [0.29, 0.717) is 0 Å². The van der Waals surface area contributed by atoms with Crippen molar-refractivity contribution in [3.05, 3.63) is 29.1 Å². The highest BCUT2D eigenvalue weighted by atomic mass is 32.2. The average Bonchev–Trinajstić information content (AvgIpc) is 2.26. The molecule has 1 aliphatic carbocycles. The molecule has 0 aliphatic heterocycles. The molecule has 104 valence electrons. The first kappa shape index (κ1) is 14.0. The topological polar surface area (TPSA) is 71.4 Å². The van der Waals surface area contributed by atoms with Crippen molar-refractivity contribution in [1.29, 1.82) is 0 Å². The molecule has 0 unspecified atom stereocenters. The van der Waals surface area contributed by atoms with E-state index in [0.717, 1.165) is 25.3 Å². The molecule has 4 nitrogen and oxygen atoms in total. The largest absolute Gasteiger partial charge is 0.478 e. The monoisotopic (exact) mass is 286 g/mol. The second-order valence-corrected chi connectivity index (χ2v) is 7.02. The lowest BCUT2D eigenvalue weighted by Crippen LogP contribution is -2.22. The Bertz CT molecular complexity index is 618. The fraction of sp³-hybridized carbons (Fsp3) is 0.462. The maximum atomic E-state index is 13.6. The van der Waals surface area contributed by atoms with E-state index in [1.165, 1.54) is 13.0 Å². The third-order valence-corrected chi connectivity index (χ3v) is 5.36. The van der Waals surface area contributed by atoms with Crippen LogP contribution in [0.1, 0.15) is 35.2 Å². The summed E-state index contributed by atoms with van der Waals surface area (Å²) in [4.78, 5) is 10.8. The molecule has 19 heavy (non-hydrogen) atoms. The highest BCUT2D eigenvalue weighted by Crippen LogP contribution is 2.30. The molecule has 1 aromatic carbocycles. The van der Waals surface area contributed by atoms with Crippen LogP contribution in [-0.2, 0) is 9.84 Å². The zero-order chi connectivity index (χ0) is 14.2. The van der Waals surface area contributed by atoms with Gasteiger partial charge in [0.05, 0.1) is 16.2 Å². The average molecular weight is 286 g/mol. The summed E-state index contributed by atoms with van der Waals surface area (Å²) < 4.78 is 37.9. The Hall–Kier alpha value is -1.43. The summed E-state index contributed by atoms with van der Waals surface area (Å²) in [5.41, 5.74) is -0.556. The molecule has 1 aliphatic rings. The van der Waals surface area contributed by atoms with Gasteiger partial charge in [-0.2, -0.15) is 0 Å². The molecule has 1 aromatic rings. The molecule has 6 heteroatoms. The summed E-state index contributed by atoms with van der Waals surface area (Å²) in [6.07, 6.45) is 2.79. The predicted molar refractivity (Wildman–Crippen MR) is 67.5 cm³/mol. The van der Waals surface area contributed by atoms with Gasteiger partial charge in [0.2, 0.25) is 0 Å². The minimum absolute atomic E-state index is 0.0110. The first-order valence-corrected chi connectivity index (χ1v) is 7.72. The van der Waals surface area contributed by atoms with Crippen molar-refractivity contribution in [3.63, 3.8) is 0 Å². The normalized spacial score (nSPS) is 16.1. The lowest BCUT2D eigenvalue weighted by atomic mass is 9.87. The van der Waals surface area contributed by atoms with Crippen LogP contribution in [-0.4, -0.2) is 25.2 Å². The lowest BCUT2D eigenvalue weighted by molar-refractivity contribution is 0.0691. The molecule has 1 N–H and O–H groups in total. The summed E-state index contributed by atoms with van der Waals surface area (Å²) >= 11 is 0. The number of sulfone groups is 1. The molecule has 0 radical (unpaired) electrons. The predicted octanol–water partition coefficient (Wildman–Crippen LogP) is 2.41. The van der Waals surface area contributed by atoms with Gasteiger partial charge in [0.25, 0.3) is 0 Å². The van der Waals surface area contributed by atoms with Gasteiger partial charge in [-0.3, -0.25) is 0 Å². The van der Waals surface area contributed by atoms with Crippen molar-refractivity contribution >= 4 is 15.8 Å². The molecular formula is C13H15FO4S. The summed E-state index contributed by atoms with van der Waals surface area (Å²) in [6, 6.07) is 2.12. The number of halogens is 1. The number of carboxylic acid groups (broad SMARTS) is 1. The third kappa shape index (κ3) is 2.78. The van der Waals surface area contributed by atoms with Crippen molar-refractivity contribution in [3.8, 4) is 0 Å². The Morgan fingerprint density at radius 2 is 2.05 bits per heavy atom. The van der Waals surface area contributed by atoms with Crippen molar-refractivity contribution in [2.45, 2.75) is 31.1 Å². The Kier molecular flexibility index (Phi) is 3.62. The summed E-state index contributed by atoms with van der Waals surface area (Å²) in [5.74, 6) is -2.18. The molecule has 1 fully saturated rings. The SMILES string of the molecule is Cc1cc(S(=O)(=O)CC2CCC2)cc(C(=O)O)c1F. The number of aromatic carboxylic acids is 1. The second kappa shape index (κ2) is 4.92. The van der Waals surface area contributed by atoms with Crippen LogP contribution < -0.4 is 0 Å². The van der Waals surface area contributed by atoms with E-state index in [9.17, 15) is 17.6 Å². The van der Waals surface area contributed by atoms with Gasteiger partial charge < -0.3 is 5.11 Å². The van der Waals surface area contributed by atoms with Gasteiger partial charge in [0.1, 0.15) is 5.82 Å². The number of hydrogen-bond donors (Lipinski definition) is 1. The Labute approximate surface area is 111 Å². The number of carbonyl (C=O) groups is 1. The minimum atomic E-state index is -3.55. The van der Waals surface area contributed by atoms with Crippen LogP contribution in [0.2, 0.25) is 0 Å². The van der Waals surface area contributed by atoms with Crippen LogP contribution in [0.25, 0.3) is 0 Å². The van der Waals surface area contributed by atoms with Crippen molar-refractivity contribution in [2.75, 3.05) is 5.75 Å². The van der Waals surface area contributed by atoms with Crippen LogP contribution in [0.5, 0.6) is 0 Å². The molecule has 0 saturated heterocycles. The molecule has 0 heterocycles. The van der Waals surface area contributed by atoms with Crippen LogP contribution in [0, 0.1) is 18.7 Å². The molecule has 0 atom stereocenters. The van der Waals surface area contributed by atoms with Crippen LogP contribution in [0.3, 0.4) is 0 Å². The Morgan fingerprint density at radius 3 is 2.53 bits per heavy atom. The van der Waals surface area contributed by atoms with Crippen molar-refractivity contribution in [1.82, 2.24) is 0 Å². The van der Waals surface area contributed by atoms with E-state index in [4.69, 9.17) is 5.11 Å². The first-order valence-electron chi connectivity index (χ1n) is 6.07. The van der Waals surface area contributed by atoms with E-state index in [1.54, 1.807) is 0 Å². The molecular weight excluding hydrogens is 271 g/mol. The molecule has 1 saturated carbocycles. The van der Waals surface area contributed by atoms with Gasteiger partial charge in [0, 0.05) is 0 Å². The van der Waals surface area contributed by atoms with E-state index >= 15 is 0 Å². The van der Waals surface area contributed by atoms with Crippen molar-refractivity contribution < 1.29 is 22.7 Å². The third-order valence-electron chi connectivity index (χ3n) is 3.50. The van der Waals surface area contributed by atoms with E-state index < -0.39 is 27.2 Å². The quantitative estimate of drug-likeness (QED) is 0.863. The number of rotatable bonds is 4. The number of benzene rings is 1. The van der Waals surface area contributed by atoms with Gasteiger partial charge in [-0.05, 0) is 43.4 Å². The minimum Gasteiger partial charge on any atom is -0.478 e. The van der Waals surface area contributed by atoms with Gasteiger partial charge in [-0.25, -0.2) is 17.6 Å². The maximum absolute atomic E-state index is 13.6. The summed E-state index contributed by atoms with van der Waals surface area (Å²) in [7, 11) is -3.55. The van der Waals surface area contributed by atoms with Crippen molar-refractivity contribution in [2.24, 2.45) is 5.92 Å². The van der Waals surface area contributed by atoms with E-state index in [-0.39, 0.29) is 22.1 Å². The zero-order valence-corrected chi connectivity index (χ0v) is 11.3. The standard InChI is InChI=1S/C13H15FO4S/c1-8-5-10(6-11(12(8)14)13(15)16)19(17,18)7-9-3-2-4-9/h5-6,9H,2-4,7H2,1H3,(H,15,16). The molecule has 0 bridgehead atoms. The fourth-order valence-electron chi connectivity index (χ4n) is 2.14. The fourth-order valence-corrected chi connectivity index (χ4v) is 3.94. The highest BCUT2D eigenvalue weighted by molar-refractivity contribution is 7.91. The van der Waals surface area contributed by atoms with E-state index in [2.05, 4.69) is 0 Å². The molecule has 0 amide bonds. The maximum Gasteiger partial charge on any atom is 0.338 e. The van der Waals surface area contributed by atoms with Gasteiger partial charge in [-0.15, -0.1) is 0 Å². The second-order valence-electron chi connectivity index (χ2n) is 4.99. The first-order chi connectivity index (χ1) is 8.81. The highest BCUT2D eigenvalue weighted by Gasteiger charge is 2.27. The number of carboxylic acids is 1. The Balaban J connectivity index is 2.41. The summed E-state index contributed by atoms with van der Waals surface area (Å²) in [6.45, 7) is 1.37. The molecule has 2 rings (SSSR count). The zero-order valence-electron chi connectivity index (χ0n) is 10.5. The van der Waals surface area contributed by atoms with Crippen LogP contribution in [0.4, 0.5) is 4.39 Å². The van der Waals surface area contributed by atoms with Gasteiger partial charge in [0.15, 0.2) is 9.84 Å². The van der Waals surface area contributed by atoms with Gasteiger partial charge in [-0.1, -0.05) is 6.42 Å². The summed E-state index contributed by atoms with van der Waals surface area (Å²) in [5, 5.41) is 8.88. The van der Waals surface area contributed by atoms with Crippen LogP contribution >= 0.6 is 0 Å². The Morgan fingerprint density at radius 1 is 1.42 bits per heavy atom. The molecule has 0 aromatic heterocycles. The van der Waals surface area contributed by atoms with Crippen LogP contribution in [0.15, 0.2) is 17.0 Å². The van der Waals surface area contributed by atoms with E-state index in [1.807, 2.05) is 0 Å².